The molecule has 1 saturated heterocycles. The number of likely N-dealkylation sites (tertiary alicyclic amines) is 1. The third kappa shape index (κ3) is 3.47. The Hall–Kier alpha value is -1.76. The molecule has 4 N–H and O–H groups in total. The Morgan fingerprint density at radius 2 is 2.14 bits per heavy atom. The molecule has 0 aliphatic carbocycles. The summed E-state index contributed by atoms with van der Waals surface area (Å²) in [7, 11) is 0. The Balaban J connectivity index is 2.25. The second-order valence-electron chi connectivity index (χ2n) is 5.55. The summed E-state index contributed by atoms with van der Waals surface area (Å²) in [5.74, 6) is 0.235. The van der Waals surface area contributed by atoms with Crippen molar-refractivity contribution in [1.82, 2.24) is 14.5 Å². The number of rotatable bonds is 5. The molecule has 0 saturated carbocycles. The maximum atomic E-state index is 12.0. The van der Waals surface area contributed by atoms with Gasteiger partial charge < -0.3 is 16.0 Å². The van der Waals surface area contributed by atoms with Crippen LogP contribution in [0.2, 0.25) is 0 Å². The van der Waals surface area contributed by atoms with E-state index in [-0.39, 0.29) is 11.9 Å². The predicted octanol–water partition coefficient (Wildman–Crippen LogP) is 0.425. The lowest BCUT2D eigenvalue weighted by molar-refractivity contribution is 0.227. The molecule has 1 fully saturated rings. The van der Waals surface area contributed by atoms with Crippen LogP contribution in [0, 0.1) is 0 Å². The number of hydrogen-bond acceptors (Lipinski definition) is 5. The van der Waals surface area contributed by atoms with Gasteiger partial charge in [0.05, 0.1) is 0 Å². The molecular weight excluding hydrogens is 270 g/mol. The quantitative estimate of drug-likeness (QED) is 0.732. The summed E-state index contributed by atoms with van der Waals surface area (Å²) in [6.07, 6.45) is 2.88. The lowest BCUT2D eigenvalue weighted by Crippen LogP contribution is -2.44. The van der Waals surface area contributed by atoms with Gasteiger partial charge in [0, 0.05) is 19.1 Å². The monoisotopic (exact) mass is 295 g/mol. The highest BCUT2D eigenvalue weighted by molar-refractivity contribution is 5.61. The highest BCUT2D eigenvalue weighted by atomic mass is 16.2. The van der Waals surface area contributed by atoms with Crippen molar-refractivity contribution in [2.24, 2.45) is 0 Å². The Morgan fingerprint density at radius 3 is 2.81 bits per heavy atom. The van der Waals surface area contributed by atoms with E-state index >= 15 is 0 Å². The highest BCUT2D eigenvalue weighted by Crippen LogP contribution is 2.17. The van der Waals surface area contributed by atoms with Gasteiger partial charge in [0.25, 0.3) is 5.56 Å². The molecule has 21 heavy (non-hydrogen) atoms. The Labute approximate surface area is 124 Å². The Morgan fingerprint density at radius 1 is 1.38 bits per heavy atom. The van der Waals surface area contributed by atoms with E-state index in [2.05, 4.69) is 22.1 Å². The van der Waals surface area contributed by atoms with Gasteiger partial charge in [0.1, 0.15) is 11.5 Å². The van der Waals surface area contributed by atoms with Crippen molar-refractivity contribution in [3.05, 3.63) is 20.8 Å². The third-order valence-electron chi connectivity index (χ3n) is 3.99. The maximum Gasteiger partial charge on any atom is 0.330 e. The summed E-state index contributed by atoms with van der Waals surface area (Å²) in [5, 5.41) is 3.24. The molecule has 1 aliphatic heterocycles. The first-order valence-electron chi connectivity index (χ1n) is 7.68. The zero-order chi connectivity index (χ0) is 15.4. The molecule has 1 unspecified atom stereocenters. The number of nitrogens with zero attached hydrogens (tertiary/aromatic N) is 2. The van der Waals surface area contributed by atoms with Gasteiger partial charge >= 0.3 is 5.69 Å². The smallest absolute Gasteiger partial charge is 0.330 e. The second-order valence-corrected chi connectivity index (χ2v) is 5.55. The molecule has 118 valence electrons. The first kappa shape index (κ1) is 15.6. The molecule has 0 aromatic carbocycles. The minimum Gasteiger partial charge on any atom is -0.383 e. The van der Waals surface area contributed by atoms with Crippen molar-refractivity contribution in [2.75, 3.05) is 30.7 Å². The first-order chi connectivity index (χ1) is 10.1. The third-order valence-corrected chi connectivity index (χ3v) is 3.99. The number of piperidine rings is 1. The summed E-state index contributed by atoms with van der Waals surface area (Å²) in [4.78, 5) is 28.5. The fourth-order valence-corrected chi connectivity index (χ4v) is 2.84. The molecule has 7 heteroatoms. The summed E-state index contributed by atoms with van der Waals surface area (Å²) in [6, 6.07) is 0.190. The molecule has 0 amide bonds. The van der Waals surface area contributed by atoms with E-state index in [1.807, 2.05) is 6.92 Å². The van der Waals surface area contributed by atoms with Crippen LogP contribution in [0.1, 0.15) is 33.1 Å². The number of H-pyrrole nitrogens is 1. The van der Waals surface area contributed by atoms with Crippen LogP contribution in [0.4, 0.5) is 11.5 Å². The van der Waals surface area contributed by atoms with E-state index in [9.17, 15) is 9.59 Å². The molecule has 2 heterocycles. The minimum atomic E-state index is -0.441. The number of aromatic amines is 1. The van der Waals surface area contributed by atoms with Crippen LogP contribution in [0.25, 0.3) is 0 Å². The van der Waals surface area contributed by atoms with E-state index in [1.165, 1.54) is 4.57 Å². The number of aromatic nitrogens is 2. The maximum absolute atomic E-state index is 12.0. The average molecular weight is 295 g/mol. The predicted molar refractivity (Wildman–Crippen MR) is 84.8 cm³/mol. The Bertz CT molecular complexity index is 592. The number of hydrogen-bond donors (Lipinski definition) is 3. The van der Waals surface area contributed by atoms with E-state index in [0.717, 1.165) is 38.9 Å². The van der Waals surface area contributed by atoms with E-state index in [0.29, 0.717) is 12.2 Å². The summed E-state index contributed by atoms with van der Waals surface area (Å²) in [5.41, 5.74) is 5.47. The average Bonchev–Trinajstić information content (AvgIpc) is 2.48. The van der Waals surface area contributed by atoms with Crippen molar-refractivity contribution >= 4 is 11.5 Å². The number of likely N-dealkylation sites (N-methyl/N-ethyl adjacent to an activating group) is 1. The molecule has 2 rings (SSSR count). The number of anilines is 2. The van der Waals surface area contributed by atoms with Crippen LogP contribution in [-0.2, 0) is 6.54 Å². The molecule has 0 radical (unpaired) electrons. The lowest BCUT2D eigenvalue weighted by Gasteiger charge is -2.32. The topological polar surface area (TPSA) is 96.2 Å². The first-order valence-corrected chi connectivity index (χ1v) is 7.68. The summed E-state index contributed by atoms with van der Waals surface area (Å²) < 4.78 is 1.42. The molecule has 1 atom stereocenters. The molecule has 0 spiro atoms. The molecule has 7 nitrogen and oxygen atoms in total. The van der Waals surface area contributed by atoms with Gasteiger partial charge in [0.2, 0.25) is 0 Å². The van der Waals surface area contributed by atoms with Crippen LogP contribution in [0.5, 0.6) is 0 Å². The highest BCUT2D eigenvalue weighted by Gasteiger charge is 2.21. The van der Waals surface area contributed by atoms with E-state index < -0.39 is 11.2 Å². The molecule has 1 aromatic heterocycles. The minimum absolute atomic E-state index is 0.190. The van der Waals surface area contributed by atoms with Crippen molar-refractivity contribution in [1.29, 1.82) is 0 Å². The van der Waals surface area contributed by atoms with Crippen molar-refractivity contribution in [3.63, 3.8) is 0 Å². The molecule has 0 bridgehead atoms. The lowest BCUT2D eigenvalue weighted by atomic mass is 10.1. The van der Waals surface area contributed by atoms with Gasteiger partial charge in [-0.3, -0.25) is 14.3 Å². The standard InChI is InChI=1S/C14H25N5O2/c1-3-7-19-12(15)11(13(20)17-14(19)21)16-10-6-5-8-18(4-2)9-10/h10,16H,3-9,15H2,1-2H3,(H,17,20,21). The second kappa shape index (κ2) is 6.80. The van der Waals surface area contributed by atoms with Crippen LogP contribution < -0.4 is 22.3 Å². The van der Waals surface area contributed by atoms with Crippen molar-refractivity contribution in [3.8, 4) is 0 Å². The van der Waals surface area contributed by atoms with Crippen LogP contribution >= 0.6 is 0 Å². The summed E-state index contributed by atoms with van der Waals surface area (Å²) in [6.45, 7) is 7.58. The zero-order valence-corrected chi connectivity index (χ0v) is 12.8. The largest absolute Gasteiger partial charge is 0.383 e. The van der Waals surface area contributed by atoms with Gasteiger partial charge in [-0.2, -0.15) is 0 Å². The van der Waals surface area contributed by atoms with Crippen LogP contribution in [0.3, 0.4) is 0 Å². The van der Waals surface area contributed by atoms with Gasteiger partial charge in [-0.25, -0.2) is 4.79 Å². The van der Waals surface area contributed by atoms with Gasteiger partial charge in [0.15, 0.2) is 0 Å². The normalized spacial score (nSPS) is 19.6. The number of nitrogens with one attached hydrogen (secondary N) is 2. The SMILES string of the molecule is CCCn1c(N)c(NC2CCCN(CC)C2)c(=O)[nH]c1=O. The van der Waals surface area contributed by atoms with Crippen molar-refractivity contribution < 1.29 is 0 Å². The van der Waals surface area contributed by atoms with Gasteiger partial charge in [-0.1, -0.05) is 13.8 Å². The number of nitrogen functional groups attached to an aromatic ring is 1. The van der Waals surface area contributed by atoms with Crippen LogP contribution in [-0.4, -0.2) is 40.1 Å². The number of nitrogens with two attached hydrogens (primary N) is 1. The van der Waals surface area contributed by atoms with E-state index in [4.69, 9.17) is 5.73 Å². The molecular formula is C14H25N5O2. The Kier molecular flexibility index (Phi) is 5.06. The fraction of sp³-hybridized carbons (Fsp3) is 0.714. The van der Waals surface area contributed by atoms with Crippen LogP contribution in [0.15, 0.2) is 9.59 Å². The van der Waals surface area contributed by atoms with Gasteiger partial charge in [-0.05, 0) is 32.4 Å². The van der Waals surface area contributed by atoms with Gasteiger partial charge in [-0.15, -0.1) is 0 Å². The van der Waals surface area contributed by atoms with Crippen molar-refractivity contribution in [2.45, 2.75) is 45.7 Å². The molecule has 1 aliphatic rings. The molecule has 1 aromatic rings. The fourth-order valence-electron chi connectivity index (χ4n) is 2.84. The summed E-state index contributed by atoms with van der Waals surface area (Å²) >= 11 is 0. The van der Waals surface area contributed by atoms with E-state index in [1.54, 1.807) is 0 Å². The zero-order valence-electron chi connectivity index (χ0n) is 12.8.